The van der Waals surface area contributed by atoms with Crippen molar-refractivity contribution >= 4 is 11.5 Å². The molecule has 170 valence electrons. The average Bonchev–Trinajstić information content (AvgIpc) is 3.06. The molecule has 1 unspecified atom stereocenters. The Kier molecular flexibility index (Phi) is 6.04. The highest BCUT2D eigenvalue weighted by molar-refractivity contribution is 6.20. The fourth-order valence-electron chi connectivity index (χ4n) is 3.97. The number of carbonyl (C=O) groups is 1. The molecule has 0 fully saturated rings. The van der Waals surface area contributed by atoms with E-state index in [1.54, 1.807) is 24.3 Å². The Morgan fingerprint density at radius 2 is 1.64 bits per heavy atom. The molecule has 1 N–H and O–H groups in total. The van der Waals surface area contributed by atoms with Gasteiger partial charge in [-0.1, -0.05) is 44.2 Å². The van der Waals surface area contributed by atoms with Gasteiger partial charge in [-0.25, -0.2) is 13.6 Å². The summed E-state index contributed by atoms with van der Waals surface area (Å²) in [6, 6.07) is 17.5. The third kappa shape index (κ3) is 4.26. The van der Waals surface area contributed by atoms with Gasteiger partial charge in [-0.15, -0.1) is 0 Å². The van der Waals surface area contributed by atoms with Gasteiger partial charge in [-0.2, -0.15) is 0 Å². The van der Waals surface area contributed by atoms with Gasteiger partial charge in [0.1, 0.15) is 5.75 Å². The van der Waals surface area contributed by atoms with Crippen LogP contribution in [-0.4, -0.2) is 18.2 Å². The van der Waals surface area contributed by atoms with Crippen LogP contribution in [0.4, 0.5) is 8.78 Å². The van der Waals surface area contributed by atoms with Crippen molar-refractivity contribution in [3.63, 3.8) is 0 Å². The van der Waals surface area contributed by atoms with E-state index >= 15 is 0 Å². The summed E-state index contributed by atoms with van der Waals surface area (Å²) in [6.45, 7) is 4.18. The maximum absolute atomic E-state index is 14.0. The van der Waals surface area contributed by atoms with Crippen molar-refractivity contribution in [2.45, 2.75) is 32.0 Å². The summed E-state index contributed by atoms with van der Waals surface area (Å²) in [5.74, 6) is -4.07. The van der Waals surface area contributed by atoms with E-state index in [1.165, 1.54) is 13.2 Å². The number of ether oxygens (including phenoxy) is 2. The van der Waals surface area contributed by atoms with Gasteiger partial charge in [0.05, 0.1) is 12.7 Å². The Bertz CT molecular complexity index is 1210. The van der Waals surface area contributed by atoms with E-state index in [1.807, 2.05) is 24.3 Å². The van der Waals surface area contributed by atoms with Crippen molar-refractivity contribution in [1.82, 2.24) is 0 Å². The predicted octanol–water partition coefficient (Wildman–Crippen LogP) is 5.50. The summed E-state index contributed by atoms with van der Waals surface area (Å²) in [5.41, 5.74) is 2.71. The molecule has 0 saturated heterocycles. The zero-order valence-electron chi connectivity index (χ0n) is 18.6. The van der Waals surface area contributed by atoms with E-state index in [0.717, 1.165) is 23.3 Å². The van der Waals surface area contributed by atoms with Gasteiger partial charge in [-0.3, -0.25) is 0 Å². The molecule has 0 amide bonds. The molecule has 1 aliphatic heterocycles. The monoisotopic (exact) mass is 450 g/mol. The van der Waals surface area contributed by atoms with E-state index in [-0.39, 0.29) is 23.1 Å². The Hall–Kier alpha value is -3.51. The minimum absolute atomic E-state index is 0.0140. The molecule has 4 rings (SSSR count). The summed E-state index contributed by atoms with van der Waals surface area (Å²) in [5, 5.41) is 11.6. The molecule has 0 saturated carbocycles. The fraction of sp³-hybridized carbons (Fsp3) is 0.222. The van der Waals surface area contributed by atoms with Crippen LogP contribution in [0.15, 0.2) is 72.3 Å². The number of aliphatic hydroxyl groups is 1. The van der Waals surface area contributed by atoms with Crippen molar-refractivity contribution in [2.75, 3.05) is 7.11 Å². The van der Waals surface area contributed by atoms with Crippen molar-refractivity contribution in [3.8, 4) is 5.75 Å². The van der Waals surface area contributed by atoms with E-state index in [9.17, 15) is 18.7 Å². The summed E-state index contributed by atoms with van der Waals surface area (Å²) in [4.78, 5) is 12.9. The van der Waals surface area contributed by atoms with Gasteiger partial charge >= 0.3 is 5.97 Å². The van der Waals surface area contributed by atoms with Crippen LogP contribution in [0.1, 0.15) is 42.0 Å². The van der Waals surface area contributed by atoms with Gasteiger partial charge < -0.3 is 14.6 Å². The maximum Gasteiger partial charge on any atom is 0.342 e. The summed E-state index contributed by atoms with van der Waals surface area (Å²) in [7, 11) is 1.52. The van der Waals surface area contributed by atoms with Crippen LogP contribution in [0.5, 0.6) is 5.75 Å². The smallest absolute Gasteiger partial charge is 0.342 e. The van der Waals surface area contributed by atoms with Crippen LogP contribution < -0.4 is 4.74 Å². The third-order valence-corrected chi connectivity index (χ3v) is 5.87. The van der Waals surface area contributed by atoms with Gasteiger partial charge in [-0.05, 0) is 59.0 Å². The van der Waals surface area contributed by atoms with E-state index in [0.29, 0.717) is 17.2 Å². The number of hydrogen-bond acceptors (Lipinski definition) is 4. The Morgan fingerprint density at radius 1 is 0.970 bits per heavy atom. The van der Waals surface area contributed by atoms with Crippen molar-refractivity contribution in [2.24, 2.45) is 0 Å². The Balaban J connectivity index is 1.86. The molecule has 33 heavy (non-hydrogen) atoms. The first kappa shape index (κ1) is 22.7. The first-order chi connectivity index (χ1) is 15.7. The number of methoxy groups -OCH3 is 1. The van der Waals surface area contributed by atoms with Crippen molar-refractivity contribution < 1.29 is 28.2 Å². The second kappa shape index (κ2) is 8.79. The number of benzene rings is 3. The number of hydrogen-bond donors (Lipinski definition) is 1. The predicted molar refractivity (Wildman–Crippen MR) is 120 cm³/mol. The van der Waals surface area contributed by atoms with Crippen molar-refractivity contribution in [1.29, 1.82) is 0 Å². The Morgan fingerprint density at radius 3 is 2.21 bits per heavy atom. The third-order valence-electron chi connectivity index (χ3n) is 5.87. The molecule has 1 heterocycles. The normalized spacial score (nSPS) is 18.1. The van der Waals surface area contributed by atoms with E-state index in [2.05, 4.69) is 13.8 Å². The largest absolute Gasteiger partial charge is 0.497 e. The molecule has 0 aliphatic carbocycles. The molecule has 1 aliphatic rings. The molecule has 0 spiro atoms. The van der Waals surface area contributed by atoms with Crippen LogP contribution in [-0.2, 0) is 21.7 Å². The summed E-state index contributed by atoms with van der Waals surface area (Å²) in [6.07, 6.45) is 0.168. The standard InChI is InChI=1S/C27H24F2O4/c1-16(2)18-6-4-17(5-7-18)14-22-25(19-8-13-23(28)24(29)15-19)26(30)33-27(22,31)20-9-11-21(32-3)12-10-20/h4-13,15-16,31H,14H2,1-3H3. The molecule has 0 radical (unpaired) electrons. The molecule has 6 heteroatoms. The number of cyclic esters (lactones) is 1. The highest BCUT2D eigenvalue weighted by Gasteiger charge is 2.48. The van der Waals surface area contributed by atoms with Gasteiger partial charge in [0.25, 0.3) is 5.79 Å². The number of rotatable bonds is 6. The van der Waals surface area contributed by atoms with E-state index in [4.69, 9.17) is 9.47 Å². The van der Waals surface area contributed by atoms with Crippen LogP contribution in [0.25, 0.3) is 5.57 Å². The first-order valence-corrected chi connectivity index (χ1v) is 10.6. The average molecular weight is 450 g/mol. The molecule has 4 nitrogen and oxygen atoms in total. The SMILES string of the molecule is COc1ccc(C2(O)OC(=O)C(c3ccc(F)c(F)c3)=C2Cc2ccc(C(C)C)cc2)cc1. The zero-order valence-corrected chi connectivity index (χ0v) is 18.6. The maximum atomic E-state index is 14.0. The molecule has 1 atom stereocenters. The lowest BCUT2D eigenvalue weighted by atomic mass is 9.87. The lowest BCUT2D eigenvalue weighted by molar-refractivity contribution is -0.185. The molecule has 3 aromatic carbocycles. The van der Waals surface area contributed by atoms with Crippen molar-refractivity contribution in [3.05, 3.63) is 106 Å². The molecular weight excluding hydrogens is 426 g/mol. The number of esters is 1. The lowest BCUT2D eigenvalue weighted by Crippen LogP contribution is -2.29. The zero-order chi connectivity index (χ0) is 23.8. The minimum atomic E-state index is -2.07. The van der Waals surface area contributed by atoms with Gasteiger partial charge in [0.15, 0.2) is 11.6 Å². The van der Waals surface area contributed by atoms with E-state index < -0.39 is 23.4 Å². The highest BCUT2D eigenvalue weighted by Crippen LogP contribution is 2.45. The fourth-order valence-corrected chi connectivity index (χ4v) is 3.97. The summed E-state index contributed by atoms with van der Waals surface area (Å²) < 4.78 is 38.2. The highest BCUT2D eigenvalue weighted by atomic mass is 19.2. The van der Waals surface area contributed by atoms with Gasteiger partial charge in [0.2, 0.25) is 0 Å². The van der Waals surface area contributed by atoms with Crippen LogP contribution in [0.2, 0.25) is 0 Å². The summed E-state index contributed by atoms with van der Waals surface area (Å²) >= 11 is 0. The van der Waals surface area contributed by atoms with Crippen LogP contribution >= 0.6 is 0 Å². The molecule has 3 aromatic rings. The van der Waals surface area contributed by atoms with Crippen LogP contribution in [0, 0.1) is 11.6 Å². The molecular formula is C27H24F2O4. The topological polar surface area (TPSA) is 55.8 Å². The quantitative estimate of drug-likeness (QED) is 0.504. The number of carbonyl (C=O) groups excluding carboxylic acids is 1. The number of halogens is 2. The van der Waals surface area contributed by atoms with Gasteiger partial charge in [0, 0.05) is 17.6 Å². The Labute approximate surface area is 191 Å². The first-order valence-electron chi connectivity index (χ1n) is 10.6. The second-order valence-electron chi connectivity index (χ2n) is 8.32. The lowest BCUT2D eigenvalue weighted by Gasteiger charge is -2.26. The molecule has 0 bridgehead atoms. The van der Waals surface area contributed by atoms with Crippen LogP contribution in [0.3, 0.4) is 0 Å². The molecule has 0 aromatic heterocycles. The minimum Gasteiger partial charge on any atom is -0.497 e. The second-order valence-corrected chi connectivity index (χ2v) is 8.32.